The van der Waals surface area contributed by atoms with Crippen LogP contribution in [-0.4, -0.2) is 20.3 Å². The normalized spacial score (nSPS) is 10.8. The first-order valence-electron chi connectivity index (χ1n) is 8.70. The Hall–Kier alpha value is -3.38. The minimum Gasteiger partial charge on any atom is -0.437 e. The molecule has 3 aromatic heterocycles. The van der Waals surface area contributed by atoms with Gasteiger partial charge in [-0.05, 0) is 36.8 Å². The van der Waals surface area contributed by atoms with Gasteiger partial charge in [0, 0.05) is 30.3 Å². The average molecular weight is 393 g/mol. The van der Waals surface area contributed by atoms with Crippen LogP contribution >= 0.6 is 11.6 Å². The number of hydrogen-bond donors (Lipinski definition) is 1. The molecule has 0 aliphatic carbocycles. The molecule has 0 unspecified atom stereocenters. The van der Waals surface area contributed by atoms with Crippen molar-refractivity contribution in [1.82, 2.24) is 14.4 Å². The monoisotopic (exact) mass is 392 g/mol. The molecule has 0 aliphatic rings. The van der Waals surface area contributed by atoms with E-state index in [4.69, 9.17) is 16.3 Å². The van der Waals surface area contributed by atoms with Crippen LogP contribution in [0.1, 0.15) is 11.3 Å². The summed E-state index contributed by atoms with van der Waals surface area (Å²) in [7, 11) is 0. The molecule has 0 bridgehead atoms. The number of nitrogens with one attached hydrogen (secondary N) is 1. The first-order valence-corrected chi connectivity index (χ1v) is 9.08. The van der Waals surface area contributed by atoms with E-state index in [1.54, 1.807) is 30.5 Å². The van der Waals surface area contributed by atoms with Gasteiger partial charge in [-0.15, -0.1) is 0 Å². The van der Waals surface area contributed by atoms with E-state index in [0.29, 0.717) is 28.0 Å². The van der Waals surface area contributed by atoms with Gasteiger partial charge in [0.05, 0.1) is 17.1 Å². The number of aromatic nitrogens is 3. The highest BCUT2D eigenvalue weighted by Gasteiger charge is 2.10. The number of aryl methyl sites for hydroxylation is 1. The van der Waals surface area contributed by atoms with Gasteiger partial charge in [0.15, 0.2) is 0 Å². The average Bonchev–Trinajstić information content (AvgIpc) is 3.08. The van der Waals surface area contributed by atoms with E-state index < -0.39 is 0 Å². The number of carbonyl (C=O) groups is 1. The van der Waals surface area contributed by atoms with Crippen LogP contribution in [0.15, 0.2) is 67.1 Å². The number of hydrogen-bond acceptors (Lipinski definition) is 4. The number of fused-ring (bicyclic) bond motifs is 1. The molecule has 3 heterocycles. The minimum absolute atomic E-state index is 0.170. The molecule has 1 N–H and O–H groups in total. The van der Waals surface area contributed by atoms with E-state index in [1.807, 2.05) is 48.0 Å². The van der Waals surface area contributed by atoms with Crippen LogP contribution in [0.25, 0.3) is 5.65 Å². The third-order valence-corrected chi connectivity index (χ3v) is 4.45. The number of ether oxygens (including phenoxy) is 1. The van der Waals surface area contributed by atoms with Crippen LogP contribution in [0, 0.1) is 6.92 Å². The molecule has 0 saturated heterocycles. The molecule has 0 radical (unpaired) electrons. The van der Waals surface area contributed by atoms with Crippen LogP contribution in [0.5, 0.6) is 11.6 Å². The van der Waals surface area contributed by atoms with Gasteiger partial charge in [-0.25, -0.2) is 9.97 Å². The molecule has 4 aromatic rings. The molecule has 6 nitrogen and oxygen atoms in total. The lowest BCUT2D eigenvalue weighted by atomic mass is 10.3. The third kappa shape index (κ3) is 3.97. The summed E-state index contributed by atoms with van der Waals surface area (Å²) in [6.07, 6.45) is 5.51. The van der Waals surface area contributed by atoms with E-state index in [9.17, 15) is 4.79 Å². The lowest BCUT2D eigenvalue weighted by Crippen LogP contribution is -2.14. The van der Waals surface area contributed by atoms with Crippen molar-refractivity contribution < 1.29 is 9.53 Å². The number of amides is 1. The fraction of sp³-hybridized carbons (Fsp3) is 0.0952. The number of anilines is 1. The second kappa shape index (κ2) is 7.70. The molecular weight excluding hydrogens is 376 g/mol. The highest BCUT2D eigenvalue weighted by molar-refractivity contribution is 6.32. The van der Waals surface area contributed by atoms with Gasteiger partial charge in [-0.3, -0.25) is 4.79 Å². The van der Waals surface area contributed by atoms with Gasteiger partial charge >= 0.3 is 0 Å². The summed E-state index contributed by atoms with van der Waals surface area (Å²) < 4.78 is 7.61. The Morgan fingerprint density at radius 2 is 2.07 bits per heavy atom. The molecule has 140 valence electrons. The number of rotatable bonds is 5. The SMILES string of the molecule is Cc1cccn2cc(CC(=O)Nc3ccnc(Oc4ccccc4Cl)c3)nc12. The van der Waals surface area contributed by atoms with Gasteiger partial charge in [-0.1, -0.05) is 29.8 Å². The topological polar surface area (TPSA) is 68.5 Å². The van der Waals surface area contributed by atoms with Gasteiger partial charge in [-0.2, -0.15) is 0 Å². The molecule has 0 atom stereocenters. The van der Waals surface area contributed by atoms with Crippen molar-refractivity contribution in [2.75, 3.05) is 5.32 Å². The third-order valence-electron chi connectivity index (χ3n) is 4.14. The first-order chi connectivity index (χ1) is 13.6. The van der Waals surface area contributed by atoms with Crippen molar-refractivity contribution in [2.24, 2.45) is 0 Å². The Balaban J connectivity index is 1.45. The van der Waals surface area contributed by atoms with Crippen LogP contribution in [0.3, 0.4) is 0 Å². The lowest BCUT2D eigenvalue weighted by Gasteiger charge is -2.08. The molecule has 4 rings (SSSR count). The number of para-hydroxylation sites is 1. The number of benzene rings is 1. The van der Waals surface area contributed by atoms with E-state index in [-0.39, 0.29) is 12.3 Å². The smallest absolute Gasteiger partial charge is 0.230 e. The zero-order valence-electron chi connectivity index (χ0n) is 15.1. The van der Waals surface area contributed by atoms with Crippen molar-refractivity contribution in [3.8, 4) is 11.6 Å². The summed E-state index contributed by atoms with van der Waals surface area (Å²) in [6, 6.07) is 14.4. The molecule has 0 spiro atoms. The second-order valence-corrected chi connectivity index (χ2v) is 6.70. The zero-order chi connectivity index (χ0) is 19.5. The highest BCUT2D eigenvalue weighted by atomic mass is 35.5. The maximum Gasteiger partial charge on any atom is 0.230 e. The van der Waals surface area contributed by atoms with Gasteiger partial charge < -0.3 is 14.5 Å². The summed E-state index contributed by atoms with van der Waals surface area (Å²) >= 11 is 6.10. The van der Waals surface area contributed by atoms with Crippen LogP contribution in [-0.2, 0) is 11.2 Å². The first kappa shape index (κ1) is 18.0. The number of pyridine rings is 2. The number of imidazole rings is 1. The highest BCUT2D eigenvalue weighted by Crippen LogP contribution is 2.28. The Bertz CT molecular complexity index is 1160. The van der Waals surface area contributed by atoms with Crippen LogP contribution in [0.4, 0.5) is 5.69 Å². The van der Waals surface area contributed by atoms with Gasteiger partial charge in [0.2, 0.25) is 11.8 Å². The second-order valence-electron chi connectivity index (χ2n) is 6.29. The number of nitrogens with zero attached hydrogens (tertiary/aromatic N) is 3. The molecule has 0 aliphatic heterocycles. The maximum absolute atomic E-state index is 12.4. The van der Waals surface area contributed by atoms with Gasteiger partial charge in [0.1, 0.15) is 11.4 Å². The predicted octanol–water partition coefficient (Wildman–Crippen LogP) is 4.66. The van der Waals surface area contributed by atoms with Crippen molar-refractivity contribution in [3.63, 3.8) is 0 Å². The Labute approximate surface area is 166 Å². The summed E-state index contributed by atoms with van der Waals surface area (Å²) in [6.45, 7) is 1.99. The Kier molecular flexibility index (Phi) is 4.95. The fourth-order valence-corrected chi connectivity index (χ4v) is 3.02. The predicted molar refractivity (Wildman–Crippen MR) is 108 cm³/mol. The number of halogens is 1. The quantitative estimate of drug-likeness (QED) is 0.536. The summed E-state index contributed by atoms with van der Waals surface area (Å²) in [5, 5.41) is 3.34. The van der Waals surface area contributed by atoms with Crippen molar-refractivity contribution in [2.45, 2.75) is 13.3 Å². The molecule has 1 aromatic carbocycles. The lowest BCUT2D eigenvalue weighted by molar-refractivity contribution is -0.115. The standard InChI is InChI=1S/C21H17ClN4O2/c1-14-5-4-10-26-13-16(25-21(14)26)11-19(27)24-15-8-9-23-20(12-15)28-18-7-3-2-6-17(18)22/h2-10,12-13H,11H2,1H3,(H,23,24,27). The summed E-state index contributed by atoms with van der Waals surface area (Å²) in [5.41, 5.74) is 3.20. The molecular formula is C21H17ClN4O2. The van der Waals surface area contributed by atoms with E-state index >= 15 is 0 Å². The summed E-state index contributed by atoms with van der Waals surface area (Å²) in [5.74, 6) is 0.672. The Morgan fingerprint density at radius 1 is 1.21 bits per heavy atom. The fourth-order valence-electron chi connectivity index (χ4n) is 2.84. The zero-order valence-corrected chi connectivity index (χ0v) is 15.8. The molecule has 0 saturated carbocycles. The maximum atomic E-state index is 12.4. The Morgan fingerprint density at radius 3 is 2.89 bits per heavy atom. The summed E-state index contributed by atoms with van der Waals surface area (Å²) in [4.78, 5) is 21.1. The van der Waals surface area contributed by atoms with Crippen molar-refractivity contribution in [3.05, 3.63) is 83.4 Å². The van der Waals surface area contributed by atoms with Gasteiger partial charge in [0.25, 0.3) is 0 Å². The molecule has 0 fully saturated rings. The van der Waals surface area contributed by atoms with E-state index in [1.165, 1.54) is 0 Å². The minimum atomic E-state index is -0.170. The van der Waals surface area contributed by atoms with E-state index in [2.05, 4.69) is 15.3 Å². The molecule has 28 heavy (non-hydrogen) atoms. The van der Waals surface area contributed by atoms with Crippen molar-refractivity contribution >= 4 is 28.8 Å². The van der Waals surface area contributed by atoms with Crippen LogP contribution in [0.2, 0.25) is 5.02 Å². The van der Waals surface area contributed by atoms with Crippen LogP contribution < -0.4 is 10.1 Å². The largest absolute Gasteiger partial charge is 0.437 e. The van der Waals surface area contributed by atoms with Crippen molar-refractivity contribution in [1.29, 1.82) is 0 Å². The number of carbonyl (C=O) groups excluding carboxylic acids is 1. The molecule has 1 amide bonds. The molecule has 7 heteroatoms. The van der Waals surface area contributed by atoms with E-state index in [0.717, 1.165) is 11.2 Å².